The highest BCUT2D eigenvalue weighted by Gasteiger charge is 2.26. The van der Waals surface area contributed by atoms with E-state index in [9.17, 15) is 14.0 Å². The van der Waals surface area contributed by atoms with Crippen molar-refractivity contribution in [1.29, 1.82) is 0 Å². The molecule has 1 aromatic heterocycles. The lowest BCUT2D eigenvalue weighted by molar-refractivity contribution is 0.0696. The van der Waals surface area contributed by atoms with Gasteiger partial charge in [0, 0.05) is 35.1 Å². The Labute approximate surface area is 143 Å². The summed E-state index contributed by atoms with van der Waals surface area (Å²) in [6.45, 7) is 0.518. The molecule has 0 fully saturated rings. The van der Waals surface area contributed by atoms with Gasteiger partial charge in [-0.25, -0.2) is 9.18 Å². The van der Waals surface area contributed by atoms with Gasteiger partial charge in [0.2, 0.25) is 0 Å². The number of benzene rings is 2. The third-order valence-corrected chi connectivity index (χ3v) is 4.77. The minimum Gasteiger partial charge on any atom is -0.478 e. The molecule has 0 aliphatic heterocycles. The fourth-order valence-corrected chi connectivity index (χ4v) is 3.61. The molecule has 0 saturated heterocycles. The number of carboxylic acid groups (broad SMARTS) is 1. The second kappa shape index (κ2) is 5.84. The number of aromatic nitrogens is 1. The Bertz CT molecular complexity index is 1000. The fraction of sp³-hybridized carbons (Fsp3) is 0.200. The second-order valence-electron chi connectivity index (χ2n) is 6.35. The van der Waals surface area contributed by atoms with Gasteiger partial charge in [-0.15, -0.1) is 0 Å². The van der Waals surface area contributed by atoms with E-state index in [1.807, 2.05) is 0 Å². The zero-order chi connectivity index (χ0) is 17.6. The van der Waals surface area contributed by atoms with Crippen molar-refractivity contribution >= 4 is 22.7 Å². The monoisotopic (exact) mass is 337 g/mol. The van der Waals surface area contributed by atoms with E-state index in [-0.39, 0.29) is 17.2 Å². The van der Waals surface area contributed by atoms with E-state index < -0.39 is 5.97 Å². The van der Waals surface area contributed by atoms with Gasteiger partial charge in [-0.1, -0.05) is 12.1 Å². The van der Waals surface area contributed by atoms with Crippen LogP contribution in [0.4, 0.5) is 4.39 Å². The van der Waals surface area contributed by atoms with Crippen LogP contribution in [0.25, 0.3) is 10.9 Å². The second-order valence-corrected chi connectivity index (χ2v) is 6.35. The molecule has 0 radical (unpaired) electrons. The third kappa shape index (κ3) is 2.61. The van der Waals surface area contributed by atoms with Gasteiger partial charge in [0.1, 0.15) is 5.82 Å². The minimum atomic E-state index is -0.962. The van der Waals surface area contributed by atoms with Gasteiger partial charge in [-0.3, -0.25) is 4.79 Å². The molecule has 3 aromatic rings. The van der Waals surface area contributed by atoms with Crippen LogP contribution < -0.4 is 0 Å². The van der Waals surface area contributed by atoms with Crippen molar-refractivity contribution in [3.05, 3.63) is 70.7 Å². The SMILES string of the molecule is O=C(O)c1ccc(Cn2c3c(c4cc(F)ccc42)C(=O)CCC3)cc1. The molecular weight excluding hydrogens is 321 g/mol. The van der Waals surface area contributed by atoms with Gasteiger partial charge in [0.05, 0.1) is 5.56 Å². The van der Waals surface area contributed by atoms with Crippen molar-refractivity contribution in [2.24, 2.45) is 0 Å². The predicted octanol–water partition coefficient (Wildman–Crippen LogP) is 4.05. The van der Waals surface area contributed by atoms with E-state index in [1.54, 1.807) is 30.3 Å². The average Bonchev–Trinajstić information content (AvgIpc) is 2.90. The van der Waals surface area contributed by atoms with Crippen LogP contribution in [0.2, 0.25) is 0 Å². The number of halogens is 1. The van der Waals surface area contributed by atoms with Crippen molar-refractivity contribution in [3.63, 3.8) is 0 Å². The van der Waals surface area contributed by atoms with Crippen LogP contribution in [-0.4, -0.2) is 21.4 Å². The van der Waals surface area contributed by atoms with Crippen molar-refractivity contribution < 1.29 is 19.1 Å². The van der Waals surface area contributed by atoms with Crippen LogP contribution >= 0.6 is 0 Å². The van der Waals surface area contributed by atoms with Crippen LogP contribution in [0.1, 0.15) is 44.8 Å². The minimum absolute atomic E-state index is 0.0665. The van der Waals surface area contributed by atoms with Crippen molar-refractivity contribution in [2.45, 2.75) is 25.8 Å². The molecule has 0 atom stereocenters. The highest BCUT2D eigenvalue weighted by atomic mass is 19.1. The molecular formula is C20H16FNO3. The topological polar surface area (TPSA) is 59.3 Å². The molecule has 5 heteroatoms. The Morgan fingerprint density at radius 3 is 2.60 bits per heavy atom. The Morgan fingerprint density at radius 2 is 1.88 bits per heavy atom. The highest BCUT2D eigenvalue weighted by Crippen LogP contribution is 2.33. The maximum Gasteiger partial charge on any atom is 0.335 e. The molecule has 1 heterocycles. The van der Waals surface area contributed by atoms with E-state index in [4.69, 9.17) is 5.11 Å². The summed E-state index contributed by atoms with van der Waals surface area (Å²) in [6, 6.07) is 11.2. The number of Topliss-reactive ketones (excluding diaryl/α,β-unsaturated/α-hetero) is 1. The lowest BCUT2D eigenvalue weighted by atomic mass is 9.94. The van der Waals surface area contributed by atoms with E-state index in [1.165, 1.54) is 12.1 Å². The smallest absolute Gasteiger partial charge is 0.335 e. The molecule has 1 aliphatic rings. The van der Waals surface area contributed by atoms with Crippen molar-refractivity contribution in [3.8, 4) is 0 Å². The Morgan fingerprint density at radius 1 is 1.12 bits per heavy atom. The molecule has 0 bridgehead atoms. The van der Waals surface area contributed by atoms with E-state index in [2.05, 4.69) is 4.57 Å². The molecule has 126 valence electrons. The van der Waals surface area contributed by atoms with Gasteiger partial charge in [-0.05, 0) is 48.7 Å². The molecule has 0 amide bonds. The van der Waals surface area contributed by atoms with Crippen LogP contribution in [0.5, 0.6) is 0 Å². The summed E-state index contributed by atoms with van der Waals surface area (Å²) in [5.74, 6) is -1.25. The number of hydrogen-bond acceptors (Lipinski definition) is 2. The largest absolute Gasteiger partial charge is 0.478 e. The molecule has 0 saturated carbocycles. The molecule has 4 rings (SSSR count). The number of nitrogens with zero attached hydrogens (tertiary/aromatic N) is 1. The highest BCUT2D eigenvalue weighted by molar-refractivity contribution is 6.10. The number of carboxylic acids is 1. The molecule has 0 spiro atoms. The Kier molecular flexibility index (Phi) is 3.64. The summed E-state index contributed by atoms with van der Waals surface area (Å²) in [5.41, 5.74) is 3.60. The number of aromatic carboxylic acids is 1. The average molecular weight is 337 g/mol. The summed E-state index contributed by atoms with van der Waals surface area (Å²) in [6.07, 6.45) is 2.07. The number of ketones is 1. The molecule has 1 N–H and O–H groups in total. The van der Waals surface area contributed by atoms with Crippen LogP contribution in [0.3, 0.4) is 0 Å². The zero-order valence-corrected chi connectivity index (χ0v) is 13.5. The number of carbonyl (C=O) groups is 2. The number of rotatable bonds is 3. The fourth-order valence-electron chi connectivity index (χ4n) is 3.61. The molecule has 1 aliphatic carbocycles. The molecule has 4 nitrogen and oxygen atoms in total. The lowest BCUT2D eigenvalue weighted by Crippen LogP contribution is -2.13. The number of fused-ring (bicyclic) bond motifs is 3. The Hall–Kier alpha value is -2.95. The van der Waals surface area contributed by atoms with Crippen molar-refractivity contribution in [1.82, 2.24) is 4.57 Å². The third-order valence-electron chi connectivity index (χ3n) is 4.77. The quantitative estimate of drug-likeness (QED) is 0.784. The number of carbonyl (C=O) groups excluding carboxylic acids is 1. The number of hydrogen-bond donors (Lipinski definition) is 1. The Balaban J connectivity index is 1.84. The molecule has 25 heavy (non-hydrogen) atoms. The van der Waals surface area contributed by atoms with Gasteiger partial charge in [-0.2, -0.15) is 0 Å². The van der Waals surface area contributed by atoms with Crippen LogP contribution in [0.15, 0.2) is 42.5 Å². The van der Waals surface area contributed by atoms with Gasteiger partial charge in [0.25, 0.3) is 0 Å². The van der Waals surface area contributed by atoms with Crippen LogP contribution in [0, 0.1) is 5.82 Å². The maximum atomic E-state index is 13.7. The predicted molar refractivity (Wildman–Crippen MR) is 91.7 cm³/mol. The van der Waals surface area contributed by atoms with Gasteiger partial charge >= 0.3 is 5.97 Å². The summed E-state index contributed by atoms with van der Waals surface area (Å²) in [4.78, 5) is 23.4. The summed E-state index contributed by atoms with van der Waals surface area (Å²) in [7, 11) is 0. The van der Waals surface area contributed by atoms with E-state index in [0.717, 1.165) is 29.6 Å². The maximum absolute atomic E-state index is 13.7. The van der Waals surface area contributed by atoms with E-state index >= 15 is 0 Å². The normalized spacial score (nSPS) is 13.9. The first-order valence-corrected chi connectivity index (χ1v) is 8.20. The van der Waals surface area contributed by atoms with Gasteiger partial charge in [0.15, 0.2) is 5.78 Å². The van der Waals surface area contributed by atoms with Crippen LogP contribution in [-0.2, 0) is 13.0 Å². The summed E-state index contributed by atoms with van der Waals surface area (Å²) < 4.78 is 15.8. The summed E-state index contributed by atoms with van der Waals surface area (Å²) >= 11 is 0. The van der Waals surface area contributed by atoms with Crippen molar-refractivity contribution in [2.75, 3.05) is 0 Å². The summed E-state index contributed by atoms with van der Waals surface area (Å²) in [5, 5.41) is 9.68. The molecule has 0 unspecified atom stereocenters. The lowest BCUT2D eigenvalue weighted by Gasteiger charge is -2.15. The van der Waals surface area contributed by atoms with Gasteiger partial charge < -0.3 is 9.67 Å². The zero-order valence-electron chi connectivity index (χ0n) is 13.5. The first kappa shape index (κ1) is 15.6. The standard InChI is InChI=1S/C20H16FNO3/c21-14-8-9-16-15(10-14)19-17(2-1-3-18(19)23)22(16)11-12-4-6-13(7-5-12)20(24)25/h4-10H,1-3,11H2,(H,24,25). The van der Waals surface area contributed by atoms with E-state index in [0.29, 0.717) is 23.9 Å². The molecule has 2 aromatic carbocycles. The first-order chi connectivity index (χ1) is 12.0. The first-order valence-electron chi connectivity index (χ1n) is 8.20.